The van der Waals surface area contributed by atoms with Gasteiger partial charge in [-0.2, -0.15) is 4.98 Å². The van der Waals surface area contributed by atoms with Gasteiger partial charge in [-0.1, -0.05) is 25.9 Å². The van der Waals surface area contributed by atoms with Crippen LogP contribution in [0.2, 0.25) is 0 Å². The van der Waals surface area contributed by atoms with Crippen LogP contribution >= 0.6 is 0 Å². The molecule has 2 rings (SSSR count). The largest absolute Gasteiger partial charge is 0.339 e. The first-order valence-corrected chi connectivity index (χ1v) is 6.29. The molecule has 2 N–H and O–H groups in total. The number of nitrogens with zero attached hydrogens (tertiary/aromatic N) is 4. The summed E-state index contributed by atoms with van der Waals surface area (Å²) in [4.78, 5) is 12.4. The Hall–Kier alpha value is -1.82. The highest BCUT2D eigenvalue weighted by molar-refractivity contribution is 5.40. The lowest BCUT2D eigenvalue weighted by Crippen LogP contribution is -2.28. The van der Waals surface area contributed by atoms with E-state index in [4.69, 9.17) is 10.3 Å². The summed E-state index contributed by atoms with van der Waals surface area (Å²) in [6, 6.07) is 1.74. The molecule has 2 heterocycles. The number of hydrogen-bond donors (Lipinski definition) is 1. The van der Waals surface area contributed by atoms with E-state index < -0.39 is 0 Å². The minimum atomic E-state index is 0.00462. The Morgan fingerprint density at radius 1 is 1.21 bits per heavy atom. The van der Waals surface area contributed by atoms with E-state index >= 15 is 0 Å². The van der Waals surface area contributed by atoms with Crippen molar-refractivity contribution in [2.75, 3.05) is 0 Å². The highest BCUT2D eigenvalue weighted by Crippen LogP contribution is 2.21. The second-order valence-electron chi connectivity index (χ2n) is 5.81. The molecule has 0 fully saturated rings. The first-order chi connectivity index (χ1) is 8.94. The fraction of sp³-hybridized carbons (Fsp3) is 0.538. The van der Waals surface area contributed by atoms with Crippen molar-refractivity contribution in [1.29, 1.82) is 0 Å². The molecule has 0 aliphatic heterocycles. The third-order valence-corrected chi connectivity index (χ3v) is 2.55. The molecule has 0 bridgehead atoms. The third-order valence-electron chi connectivity index (χ3n) is 2.55. The van der Waals surface area contributed by atoms with Gasteiger partial charge in [0.2, 0.25) is 17.5 Å². The van der Waals surface area contributed by atoms with E-state index in [1.807, 2.05) is 0 Å². The standard InChI is InChI=1S/C13H19N5O/c1-13(2,3)8-9(14)7-10-17-12(18-19-10)11-15-5-4-6-16-11/h4-6,9H,7-8,14H2,1-3H3. The summed E-state index contributed by atoms with van der Waals surface area (Å²) in [5.41, 5.74) is 6.27. The van der Waals surface area contributed by atoms with Crippen molar-refractivity contribution in [3.05, 3.63) is 24.4 Å². The quantitative estimate of drug-likeness (QED) is 0.902. The number of aromatic nitrogens is 4. The van der Waals surface area contributed by atoms with Crippen LogP contribution in [-0.2, 0) is 6.42 Å². The van der Waals surface area contributed by atoms with Gasteiger partial charge in [0, 0.05) is 24.9 Å². The van der Waals surface area contributed by atoms with E-state index in [1.165, 1.54) is 0 Å². The summed E-state index contributed by atoms with van der Waals surface area (Å²) < 4.78 is 5.18. The monoisotopic (exact) mass is 261 g/mol. The van der Waals surface area contributed by atoms with E-state index in [2.05, 4.69) is 40.9 Å². The molecule has 0 aliphatic carbocycles. The lowest BCUT2D eigenvalue weighted by Gasteiger charge is -2.21. The van der Waals surface area contributed by atoms with Gasteiger partial charge in [-0.05, 0) is 17.9 Å². The molecular formula is C13H19N5O. The van der Waals surface area contributed by atoms with Crippen LogP contribution in [0.4, 0.5) is 0 Å². The maximum absolute atomic E-state index is 6.08. The summed E-state index contributed by atoms with van der Waals surface area (Å²) in [5.74, 6) is 1.39. The van der Waals surface area contributed by atoms with Crippen LogP contribution in [0.3, 0.4) is 0 Å². The highest BCUT2D eigenvalue weighted by Gasteiger charge is 2.19. The first-order valence-electron chi connectivity index (χ1n) is 6.29. The van der Waals surface area contributed by atoms with Gasteiger partial charge in [-0.25, -0.2) is 9.97 Å². The molecular weight excluding hydrogens is 242 g/mol. The zero-order valence-electron chi connectivity index (χ0n) is 11.5. The summed E-state index contributed by atoms with van der Waals surface area (Å²) in [7, 11) is 0. The summed E-state index contributed by atoms with van der Waals surface area (Å²) in [6.07, 6.45) is 4.75. The van der Waals surface area contributed by atoms with Crippen LogP contribution in [-0.4, -0.2) is 26.2 Å². The molecule has 0 spiro atoms. The van der Waals surface area contributed by atoms with Crippen molar-refractivity contribution >= 4 is 0 Å². The second-order valence-corrected chi connectivity index (χ2v) is 5.81. The Balaban J connectivity index is 2.02. The van der Waals surface area contributed by atoms with Crippen molar-refractivity contribution < 1.29 is 4.52 Å². The molecule has 0 aliphatic rings. The van der Waals surface area contributed by atoms with Crippen LogP contribution in [0.15, 0.2) is 23.0 Å². The number of nitrogens with two attached hydrogens (primary N) is 1. The normalized spacial score (nSPS) is 13.5. The Morgan fingerprint density at radius 2 is 1.89 bits per heavy atom. The highest BCUT2D eigenvalue weighted by atomic mass is 16.5. The molecule has 6 nitrogen and oxygen atoms in total. The molecule has 0 aromatic carbocycles. The molecule has 0 amide bonds. The van der Waals surface area contributed by atoms with Crippen LogP contribution in [0.1, 0.15) is 33.1 Å². The van der Waals surface area contributed by atoms with Gasteiger partial charge in [-0.3, -0.25) is 0 Å². The average Bonchev–Trinajstić information content (AvgIpc) is 2.76. The van der Waals surface area contributed by atoms with Crippen LogP contribution in [0, 0.1) is 5.41 Å². The van der Waals surface area contributed by atoms with Crippen molar-refractivity contribution in [2.45, 2.75) is 39.7 Å². The molecule has 0 radical (unpaired) electrons. The van der Waals surface area contributed by atoms with Gasteiger partial charge in [0.15, 0.2) is 0 Å². The Morgan fingerprint density at radius 3 is 2.53 bits per heavy atom. The topological polar surface area (TPSA) is 90.7 Å². The van der Waals surface area contributed by atoms with Crippen LogP contribution in [0.25, 0.3) is 11.6 Å². The first kappa shape index (κ1) is 13.6. The number of rotatable bonds is 4. The minimum Gasteiger partial charge on any atom is -0.339 e. The van der Waals surface area contributed by atoms with Crippen molar-refractivity contribution in [3.63, 3.8) is 0 Å². The van der Waals surface area contributed by atoms with Gasteiger partial charge >= 0.3 is 0 Å². The molecule has 0 saturated carbocycles. The molecule has 2 aromatic rings. The van der Waals surface area contributed by atoms with Gasteiger partial charge in [-0.15, -0.1) is 0 Å². The van der Waals surface area contributed by atoms with Crippen molar-refractivity contribution in [2.24, 2.45) is 11.1 Å². The molecule has 1 atom stereocenters. The Kier molecular flexibility index (Phi) is 3.90. The molecule has 19 heavy (non-hydrogen) atoms. The van der Waals surface area contributed by atoms with E-state index in [0.717, 1.165) is 6.42 Å². The van der Waals surface area contributed by atoms with Gasteiger partial charge in [0.1, 0.15) is 0 Å². The molecule has 0 saturated heterocycles. The van der Waals surface area contributed by atoms with Crippen molar-refractivity contribution in [3.8, 4) is 11.6 Å². The van der Waals surface area contributed by atoms with Gasteiger partial charge in [0.25, 0.3) is 0 Å². The molecule has 6 heteroatoms. The fourth-order valence-electron chi connectivity index (χ4n) is 1.93. The SMILES string of the molecule is CC(C)(C)CC(N)Cc1nc(-c2ncccn2)no1. The third kappa shape index (κ3) is 4.10. The predicted octanol–water partition coefficient (Wildman–Crippen LogP) is 1.83. The zero-order valence-corrected chi connectivity index (χ0v) is 11.5. The van der Waals surface area contributed by atoms with E-state index in [-0.39, 0.29) is 11.5 Å². The van der Waals surface area contributed by atoms with E-state index in [0.29, 0.717) is 24.0 Å². The van der Waals surface area contributed by atoms with E-state index in [9.17, 15) is 0 Å². The molecule has 102 valence electrons. The predicted molar refractivity (Wildman–Crippen MR) is 71.1 cm³/mol. The van der Waals surface area contributed by atoms with Gasteiger partial charge < -0.3 is 10.3 Å². The summed E-state index contributed by atoms with van der Waals surface area (Å²) in [5, 5.41) is 3.87. The molecule has 2 aromatic heterocycles. The summed E-state index contributed by atoms with van der Waals surface area (Å²) >= 11 is 0. The number of hydrogen-bond acceptors (Lipinski definition) is 6. The molecule has 1 unspecified atom stereocenters. The summed E-state index contributed by atoms with van der Waals surface area (Å²) in [6.45, 7) is 6.47. The lowest BCUT2D eigenvalue weighted by atomic mass is 9.87. The Bertz CT molecular complexity index is 517. The maximum atomic E-state index is 6.08. The lowest BCUT2D eigenvalue weighted by molar-refractivity contribution is 0.313. The fourth-order valence-corrected chi connectivity index (χ4v) is 1.93. The maximum Gasteiger partial charge on any atom is 0.240 e. The Labute approximate surface area is 112 Å². The van der Waals surface area contributed by atoms with E-state index in [1.54, 1.807) is 18.5 Å². The van der Waals surface area contributed by atoms with Crippen LogP contribution in [0.5, 0.6) is 0 Å². The zero-order chi connectivity index (χ0) is 13.9. The smallest absolute Gasteiger partial charge is 0.240 e. The minimum absolute atomic E-state index is 0.00462. The average molecular weight is 261 g/mol. The van der Waals surface area contributed by atoms with Crippen molar-refractivity contribution in [1.82, 2.24) is 20.1 Å². The van der Waals surface area contributed by atoms with Crippen LogP contribution < -0.4 is 5.73 Å². The van der Waals surface area contributed by atoms with Gasteiger partial charge in [0.05, 0.1) is 0 Å². The second kappa shape index (κ2) is 5.44.